The fourth-order valence-electron chi connectivity index (χ4n) is 2.65. The SMILES string of the molecule is COC(=O)c1cc(F)c(Br)c(OC[C@H](COCc2ccccc2)NC(=O)OC(C)(C)C)c1I. The molecule has 0 heterocycles. The Morgan fingerprint density at radius 3 is 2.45 bits per heavy atom. The van der Waals surface area contributed by atoms with Gasteiger partial charge in [-0.15, -0.1) is 0 Å². The molecule has 2 rings (SSSR count). The van der Waals surface area contributed by atoms with Crippen molar-refractivity contribution >= 4 is 50.6 Å². The molecule has 0 spiro atoms. The van der Waals surface area contributed by atoms with E-state index in [4.69, 9.17) is 18.9 Å². The van der Waals surface area contributed by atoms with Crippen LogP contribution in [0.3, 0.4) is 0 Å². The highest BCUT2D eigenvalue weighted by Gasteiger charge is 2.24. The monoisotopic (exact) mass is 637 g/mol. The number of benzene rings is 2. The zero-order chi connectivity index (χ0) is 24.6. The summed E-state index contributed by atoms with van der Waals surface area (Å²) in [6.07, 6.45) is -0.636. The molecule has 10 heteroatoms. The van der Waals surface area contributed by atoms with Crippen LogP contribution in [0.2, 0.25) is 0 Å². The minimum absolute atomic E-state index is 0.0331. The Hall–Kier alpha value is -1.92. The Bertz CT molecular complexity index is 968. The van der Waals surface area contributed by atoms with Crippen molar-refractivity contribution in [2.75, 3.05) is 20.3 Å². The third-order valence-corrected chi connectivity index (χ3v) is 5.91. The van der Waals surface area contributed by atoms with Gasteiger partial charge in [-0.1, -0.05) is 30.3 Å². The molecule has 0 aliphatic carbocycles. The third kappa shape index (κ3) is 8.74. The molecule has 0 aliphatic heterocycles. The van der Waals surface area contributed by atoms with Crippen molar-refractivity contribution in [3.05, 3.63) is 61.4 Å². The van der Waals surface area contributed by atoms with Crippen LogP contribution in [0.1, 0.15) is 36.7 Å². The molecule has 0 fully saturated rings. The summed E-state index contributed by atoms with van der Waals surface area (Å²) >= 11 is 5.04. The zero-order valence-electron chi connectivity index (χ0n) is 18.7. The number of hydrogen-bond donors (Lipinski definition) is 1. The summed E-state index contributed by atoms with van der Waals surface area (Å²) in [4.78, 5) is 24.3. The van der Waals surface area contributed by atoms with Crippen molar-refractivity contribution in [2.24, 2.45) is 0 Å². The van der Waals surface area contributed by atoms with E-state index in [9.17, 15) is 14.0 Å². The van der Waals surface area contributed by atoms with Gasteiger partial charge in [-0.25, -0.2) is 14.0 Å². The van der Waals surface area contributed by atoms with Gasteiger partial charge in [0.1, 0.15) is 18.0 Å². The van der Waals surface area contributed by atoms with Gasteiger partial charge >= 0.3 is 12.1 Å². The molecule has 0 radical (unpaired) electrons. The van der Waals surface area contributed by atoms with E-state index in [0.717, 1.165) is 11.6 Å². The first kappa shape index (κ1) is 27.3. The van der Waals surface area contributed by atoms with Gasteiger partial charge < -0.3 is 24.3 Å². The Labute approximate surface area is 214 Å². The van der Waals surface area contributed by atoms with Crippen molar-refractivity contribution in [3.63, 3.8) is 0 Å². The Morgan fingerprint density at radius 2 is 1.85 bits per heavy atom. The van der Waals surface area contributed by atoms with Crippen molar-refractivity contribution in [1.29, 1.82) is 0 Å². The quantitative estimate of drug-likeness (QED) is 0.223. The lowest BCUT2D eigenvalue weighted by molar-refractivity contribution is 0.0380. The standard InChI is InChI=1S/C23H26BrFINO6/c1-23(2,3)33-22(29)27-15(12-31-11-14-8-6-5-7-9-14)13-32-20-18(24)17(25)10-16(19(20)26)21(28)30-4/h5-10,15H,11-13H2,1-4H3,(H,27,29)/t15-/m0/s1. The minimum atomic E-state index is -0.690. The van der Waals surface area contributed by atoms with Crippen LogP contribution < -0.4 is 10.1 Å². The van der Waals surface area contributed by atoms with Crippen molar-refractivity contribution in [2.45, 2.75) is 39.0 Å². The molecule has 1 amide bonds. The Balaban J connectivity index is 2.15. The number of rotatable bonds is 9. The Morgan fingerprint density at radius 1 is 1.18 bits per heavy atom. The summed E-state index contributed by atoms with van der Waals surface area (Å²) in [5, 5.41) is 2.72. The number of alkyl carbamates (subject to hydrolysis) is 1. The highest BCUT2D eigenvalue weighted by atomic mass is 127. The fraction of sp³-hybridized carbons (Fsp3) is 0.391. The molecular weight excluding hydrogens is 612 g/mol. The molecule has 2 aromatic carbocycles. The average molecular weight is 638 g/mol. The summed E-state index contributed by atoms with van der Waals surface area (Å²) in [5.74, 6) is -1.25. The molecule has 7 nitrogen and oxygen atoms in total. The van der Waals surface area contributed by atoms with E-state index in [0.29, 0.717) is 10.2 Å². The second kappa shape index (κ2) is 12.5. The average Bonchev–Trinajstić information content (AvgIpc) is 2.74. The molecule has 0 bridgehead atoms. The Kier molecular flexibility index (Phi) is 10.4. The predicted octanol–water partition coefficient (Wildman–Crippen LogP) is 5.47. The summed E-state index contributed by atoms with van der Waals surface area (Å²) in [5.41, 5.74) is 0.321. The van der Waals surface area contributed by atoms with E-state index in [1.165, 1.54) is 7.11 Å². The minimum Gasteiger partial charge on any atom is -0.489 e. The molecule has 1 N–H and O–H groups in total. The van der Waals surface area contributed by atoms with E-state index in [1.807, 2.05) is 52.9 Å². The molecular formula is C23H26BrFINO6. The van der Waals surface area contributed by atoms with E-state index in [-0.39, 0.29) is 29.0 Å². The van der Waals surface area contributed by atoms with Crippen LogP contribution in [0.25, 0.3) is 0 Å². The maximum atomic E-state index is 14.4. The summed E-state index contributed by atoms with van der Waals surface area (Å²) in [6, 6.07) is 10.0. The number of ether oxygens (including phenoxy) is 4. The van der Waals surface area contributed by atoms with Gasteiger partial charge in [-0.2, -0.15) is 0 Å². The molecule has 0 saturated heterocycles. The number of halogens is 3. The first-order chi connectivity index (χ1) is 15.5. The predicted molar refractivity (Wildman–Crippen MR) is 133 cm³/mol. The summed E-state index contributed by atoms with van der Waals surface area (Å²) < 4.78 is 36.4. The number of hydrogen-bond acceptors (Lipinski definition) is 6. The van der Waals surface area contributed by atoms with Crippen LogP contribution in [0.5, 0.6) is 5.75 Å². The highest BCUT2D eigenvalue weighted by Crippen LogP contribution is 2.36. The largest absolute Gasteiger partial charge is 0.489 e. The van der Waals surface area contributed by atoms with E-state index >= 15 is 0 Å². The first-order valence-electron chi connectivity index (χ1n) is 10.0. The van der Waals surface area contributed by atoms with E-state index in [2.05, 4.69) is 21.2 Å². The van der Waals surface area contributed by atoms with Gasteiger partial charge in [-0.05, 0) is 70.9 Å². The topological polar surface area (TPSA) is 83.1 Å². The lowest BCUT2D eigenvalue weighted by Gasteiger charge is -2.24. The maximum absolute atomic E-state index is 14.4. The molecule has 0 aromatic heterocycles. The van der Waals surface area contributed by atoms with Gasteiger partial charge in [0.2, 0.25) is 0 Å². The van der Waals surface area contributed by atoms with Gasteiger partial charge in [-0.3, -0.25) is 0 Å². The number of carbonyl (C=O) groups excluding carboxylic acids is 2. The second-order valence-corrected chi connectivity index (χ2v) is 9.88. The van der Waals surface area contributed by atoms with Crippen LogP contribution in [0.15, 0.2) is 40.9 Å². The van der Waals surface area contributed by atoms with Gasteiger partial charge in [0.15, 0.2) is 5.75 Å². The number of esters is 1. The van der Waals surface area contributed by atoms with Gasteiger partial charge in [0.25, 0.3) is 0 Å². The molecule has 33 heavy (non-hydrogen) atoms. The second-order valence-electron chi connectivity index (χ2n) is 8.01. The molecule has 2 aromatic rings. The molecule has 180 valence electrons. The van der Waals surface area contributed by atoms with E-state index in [1.54, 1.807) is 20.8 Å². The van der Waals surface area contributed by atoms with Crippen LogP contribution in [0, 0.1) is 9.39 Å². The van der Waals surface area contributed by atoms with Crippen LogP contribution >= 0.6 is 38.5 Å². The summed E-state index contributed by atoms with van der Waals surface area (Å²) in [7, 11) is 1.21. The van der Waals surface area contributed by atoms with Crippen LogP contribution in [-0.2, 0) is 20.8 Å². The number of nitrogens with one attached hydrogen (secondary N) is 1. The normalized spacial score (nSPS) is 12.1. The molecule has 0 unspecified atom stereocenters. The maximum Gasteiger partial charge on any atom is 0.408 e. The van der Waals surface area contributed by atoms with E-state index < -0.39 is 29.5 Å². The molecule has 1 atom stereocenters. The summed E-state index contributed by atoms with van der Waals surface area (Å²) in [6.45, 7) is 5.65. The van der Waals surface area contributed by atoms with Crippen molar-refractivity contribution < 1.29 is 32.9 Å². The number of methoxy groups -OCH3 is 1. The van der Waals surface area contributed by atoms with Gasteiger partial charge in [0, 0.05) is 0 Å². The van der Waals surface area contributed by atoms with Crippen molar-refractivity contribution in [1.82, 2.24) is 5.32 Å². The molecule has 0 aliphatic rings. The smallest absolute Gasteiger partial charge is 0.408 e. The fourth-order valence-corrected chi connectivity index (χ4v) is 4.25. The first-order valence-corrected chi connectivity index (χ1v) is 11.9. The third-order valence-electron chi connectivity index (χ3n) is 4.10. The molecule has 0 saturated carbocycles. The van der Waals surface area contributed by atoms with Crippen molar-refractivity contribution in [3.8, 4) is 5.75 Å². The lowest BCUT2D eigenvalue weighted by atomic mass is 10.2. The zero-order valence-corrected chi connectivity index (χ0v) is 22.5. The van der Waals surface area contributed by atoms with Crippen LogP contribution in [-0.4, -0.2) is 44.0 Å². The lowest BCUT2D eigenvalue weighted by Crippen LogP contribution is -2.44. The highest BCUT2D eigenvalue weighted by molar-refractivity contribution is 14.1. The van der Waals surface area contributed by atoms with Gasteiger partial charge in [0.05, 0.1) is 40.0 Å². The number of amides is 1. The number of carbonyl (C=O) groups is 2. The van der Waals surface area contributed by atoms with Crippen LogP contribution in [0.4, 0.5) is 9.18 Å².